The van der Waals surface area contributed by atoms with E-state index >= 15 is 0 Å². The number of hydrogen-bond acceptors (Lipinski definition) is 4. The summed E-state index contributed by atoms with van der Waals surface area (Å²) in [6.07, 6.45) is 0.699. The molecule has 1 amide bonds. The van der Waals surface area contributed by atoms with Gasteiger partial charge in [0.2, 0.25) is 5.91 Å². The Morgan fingerprint density at radius 1 is 1.04 bits per heavy atom. The molecule has 0 saturated carbocycles. The number of carbonyl (C=O) groups is 1. The average molecular weight is 416 g/mol. The molecule has 0 spiro atoms. The molecule has 2 aromatic carbocycles. The predicted molar refractivity (Wildman–Crippen MR) is 104 cm³/mol. The second kappa shape index (κ2) is 11.0. The molecule has 0 aromatic heterocycles. The molecule has 0 radical (unpaired) electrons. The highest BCUT2D eigenvalue weighted by atomic mass is 35.5. The highest BCUT2D eigenvalue weighted by Gasteiger charge is 2.08. The van der Waals surface area contributed by atoms with Gasteiger partial charge in [0.1, 0.15) is 12.4 Å². The fourth-order valence-corrected chi connectivity index (χ4v) is 2.62. The zero-order valence-corrected chi connectivity index (χ0v) is 16.3. The lowest BCUT2D eigenvalue weighted by Crippen LogP contribution is -2.13. The summed E-state index contributed by atoms with van der Waals surface area (Å²) in [5, 5.41) is 3.57. The number of nitrogens with one attached hydrogen (secondary N) is 1. The number of anilines is 1. The van der Waals surface area contributed by atoms with Crippen LogP contribution >= 0.6 is 23.2 Å². The van der Waals surface area contributed by atoms with Gasteiger partial charge in [-0.1, -0.05) is 23.2 Å². The van der Waals surface area contributed by atoms with E-state index in [0.717, 1.165) is 0 Å². The molecule has 0 bridgehead atoms. The number of halogens is 3. The molecule has 5 nitrogen and oxygen atoms in total. The van der Waals surface area contributed by atoms with E-state index in [-0.39, 0.29) is 24.7 Å². The standard InChI is InChI=1S/C19H20Cl2FNO4/c1-25-9-10-27-18-7-5-14(12-16(18)22)23-19(24)3-2-8-26-17-6-4-13(20)11-15(17)21/h4-7,11-12H,2-3,8-10H2,1H3,(H,23,24). The Labute approximate surface area is 167 Å². The largest absolute Gasteiger partial charge is 0.492 e. The molecule has 0 unspecified atom stereocenters. The predicted octanol–water partition coefficient (Wildman–Crippen LogP) is 4.96. The van der Waals surface area contributed by atoms with Crippen LogP contribution in [0.4, 0.5) is 10.1 Å². The molecule has 0 fully saturated rings. The summed E-state index contributed by atoms with van der Waals surface area (Å²) in [5.74, 6) is -0.177. The minimum absolute atomic E-state index is 0.110. The van der Waals surface area contributed by atoms with Crippen molar-refractivity contribution in [3.05, 3.63) is 52.3 Å². The topological polar surface area (TPSA) is 56.8 Å². The van der Waals surface area contributed by atoms with Gasteiger partial charge in [-0.15, -0.1) is 0 Å². The Bertz CT molecular complexity index is 773. The Hall–Kier alpha value is -2.02. The van der Waals surface area contributed by atoms with E-state index in [1.54, 1.807) is 24.3 Å². The fourth-order valence-electron chi connectivity index (χ4n) is 2.16. The molecule has 0 aliphatic carbocycles. The molecule has 8 heteroatoms. The van der Waals surface area contributed by atoms with Crippen molar-refractivity contribution in [2.45, 2.75) is 12.8 Å². The molecule has 0 atom stereocenters. The molecular formula is C19H20Cl2FNO4. The summed E-state index contributed by atoms with van der Waals surface area (Å²) >= 11 is 11.8. The van der Waals surface area contributed by atoms with Gasteiger partial charge >= 0.3 is 0 Å². The summed E-state index contributed by atoms with van der Waals surface area (Å²) in [6.45, 7) is 0.924. The summed E-state index contributed by atoms with van der Waals surface area (Å²) < 4.78 is 29.5. The second-order valence-corrected chi connectivity index (χ2v) is 6.41. The first-order chi connectivity index (χ1) is 13.0. The van der Waals surface area contributed by atoms with E-state index in [0.29, 0.717) is 41.1 Å². The zero-order valence-electron chi connectivity index (χ0n) is 14.8. The van der Waals surface area contributed by atoms with Crippen molar-refractivity contribution in [1.82, 2.24) is 0 Å². The van der Waals surface area contributed by atoms with Gasteiger partial charge in [-0.3, -0.25) is 4.79 Å². The number of methoxy groups -OCH3 is 1. The number of amides is 1. The van der Waals surface area contributed by atoms with Gasteiger partial charge in [0.05, 0.1) is 18.2 Å². The van der Waals surface area contributed by atoms with E-state index in [1.807, 2.05) is 0 Å². The number of rotatable bonds is 10. The van der Waals surface area contributed by atoms with Crippen molar-refractivity contribution in [1.29, 1.82) is 0 Å². The minimum Gasteiger partial charge on any atom is -0.492 e. The second-order valence-electron chi connectivity index (χ2n) is 5.56. The summed E-state index contributed by atoms with van der Waals surface area (Å²) in [7, 11) is 1.54. The molecule has 2 rings (SSSR count). The van der Waals surface area contributed by atoms with Gasteiger partial charge in [0, 0.05) is 30.3 Å². The molecule has 146 valence electrons. The first kappa shape index (κ1) is 21.3. The third-order valence-electron chi connectivity index (χ3n) is 3.46. The zero-order chi connectivity index (χ0) is 19.6. The molecule has 0 heterocycles. The van der Waals surface area contributed by atoms with Crippen molar-refractivity contribution >= 4 is 34.8 Å². The summed E-state index contributed by atoms with van der Waals surface area (Å²) in [6, 6.07) is 9.18. The normalized spacial score (nSPS) is 10.5. The third kappa shape index (κ3) is 7.25. The summed E-state index contributed by atoms with van der Waals surface area (Å²) in [5.41, 5.74) is 0.359. The highest BCUT2D eigenvalue weighted by Crippen LogP contribution is 2.27. The van der Waals surface area contributed by atoms with Gasteiger partial charge in [-0.25, -0.2) is 4.39 Å². The first-order valence-corrected chi connectivity index (χ1v) is 9.04. The Balaban J connectivity index is 1.74. The maximum absolute atomic E-state index is 13.9. The van der Waals surface area contributed by atoms with Crippen LogP contribution in [0, 0.1) is 5.82 Å². The highest BCUT2D eigenvalue weighted by molar-refractivity contribution is 6.35. The van der Waals surface area contributed by atoms with Gasteiger partial charge in [-0.2, -0.15) is 0 Å². The Kier molecular flexibility index (Phi) is 8.64. The van der Waals surface area contributed by atoms with Gasteiger partial charge in [0.25, 0.3) is 0 Å². The molecular weight excluding hydrogens is 396 g/mol. The SMILES string of the molecule is COCCOc1ccc(NC(=O)CCCOc2ccc(Cl)cc2Cl)cc1F. The van der Waals surface area contributed by atoms with Crippen LogP contribution in [-0.4, -0.2) is 32.8 Å². The maximum Gasteiger partial charge on any atom is 0.224 e. The number of ether oxygens (including phenoxy) is 3. The minimum atomic E-state index is -0.551. The lowest BCUT2D eigenvalue weighted by atomic mass is 10.2. The van der Waals surface area contributed by atoms with Gasteiger partial charge in [0.15, 0.2) is 11.6 Å². The van der Waals surface area contributed by atoms with Crippen LogP contribution < -0.4 is 14.8 Å². The average Bonchev–Trinajstić information content (AvgIpc) is 2.62. The van der Waals surface area contributed by atoms with E-state index in [1.165, 1.54) is 19.2 Å². The van der Waals surface area contributed by atoms with Crippen molar-refractivity contribution in [3.63, 3.8) is 0 Å². The van der Waals surface area contributed by atoms with Crippen LogP contribution in [0.3, 0.4) is 0 Å². The molecule has 0 aliphatic rings. The fraction of sp³-hybridized carbons (Fsp3) is 0.316. The van der Waals surface area contributed by atoms with Crippen molar-refractivity contribution in [3.8, 4) is 11.5 Å². The molecule has 2 aromatic rings. The van der Waals surface area contributed by atoms with Crippen LogP contribution in [0.2, 0.25) is 10.0 Å². The first-order valence-electron chi connectivity index (χ1n) is 8.28. The van der Waals surface area contributed by atoms with Gasteiger partial charge in [-0.05, 0) is 36.8 Å². The molecule has 1 N–H and O–H groups in total. The van der Waals surface area contributed by atoms with Gasteiger partial charge < -0.3 is 19.5 Å². The summed E-state index contributed by atoms with van der Waals surface area (Å²) in [4.78, 5) is 12.0. The lowest BCUT2D eigenvalue weighted by molar-refractivity contribution is -0.116. The number of benzene rings is 2. The van der Waals surface area contributed by atoms with E-state index in [9.17, 15) is 9.18 Å². The van der Waals surface area contributed by atoms with Crippen LogP contribution in [0.15, 0.2) is 36.4 Å². The monoisotopic (exact) mass is 415 g/mol. The lowest BCUT2D eigenvalue weighted by Gasteiger charge is -2.10. The van der Waals surface area contributed by atoms with Crippen molar-refractivity contribution in [2.75, 3.05) is 32.2 Å². The van der Waals surface area contributed by atoms with Crippen molar-refractivity contribution in [2.24, 2.45) is 0 Å². The van der Waals surface area contributed by atoms with Crippen LogP contribution in [-0.2, 0) is 9.53 Å². The maximum atomic E-state index is 13.9. The van der Waals surface area contributed by atoms with Crippen LogP contribution in [0.1, 0.15) is 12.8 Å². The number of carbonyl (C=O) groups excluding carboxylic acids is 1. The van der Waals surface area contributed by atoms with E-state index in [4.69, 9.17) is 37.4 Å². The van der Waals surface area contributed by atoms with Crippen LogP contribution in [0.25, 0.3) is 0 Å². The Morgan fingerprint density at radius 2 is 1.78 bits per heavy atom. The molecule has 0 aliphatic heterocycles. The van der Waals surface area contributed by atoms with E-state index in [2.05, 4.69) is 5.32 Å². The van der Waals surface area contributed by atoms with Crippen LogP contribution in [0.5, 0.6) is 11.5 Å². The molecule has 0 saturated heterocycles. The van der Waals surface area contributed by atoms with E-state index < -0.39 is 5.82 Å². The Morgan fingerprint density at radius 3 is 2.48 bits per heavy atom. The van der Waals surface area contributed by atoms with Crippen molar-refractivity contribution < 1.29 is 23.4 Å². The quantitative estimate of drug-likeness (QED) is 0.557. The smallest absolute Gasteiger partial charge is 0.224 e. The number of hydrogen-bond donors (Lipinski definition) is 1. The molecule has 27 heavy (non-hydrogen) atoms. The third-order valence-corrected chi connectivity index (χ3v) is 3.99.